The zero-order valence-corrected chi connectivity index (χ0v) is 13.8. The Morgan fingerprint density at radius 3 is 2.13 bits per heavy atom. The van der Waals surface area contributed by atoms with Crippen molar-refractivity contribution in [2.75, 3.05) is 4.72 Å². The highest BCUT2D eigenvalue weighted by Gasteiger charge is 2.17. The van der Waals surface area contributed by atoms with Gasteiger partial charge in [0.2, 0.25) is 0 Å². The molecule has 0 radical (unpaired) electrons. The molecule has 0 spiro atoms. The first-order chi connectivity index (χ1) is 11.0. The van der Waals surface area contributed by atoms with Crippen molar-refractivity contribution in [2.24, 2.45) is 0 Å². The summed E-state index contributed by atoms with van der Waals surface area (Å²) in [6.07, 6.45) is 0. The Balaban J connectivity index is 2.01. The largest absolute Gasteiger partial charge is 0.300 e. The van der Waals surface area contributed by atoms with E-state index in [1.807, 2.05) is 48.7 Å². The average molecular weight is 326 g/mol. The van der Waals surface area contributed by atoms with Crippen molar-refractivity contribution in [2.45, 2.75) is 18.7 Å². The molecule has 0 amide bonds. The van der Waals surface area contributed by atoms with Gasteiger partial charge in [-0.25, -0.2) is 8.42 Å². The maximum Gasteiger partial charge on any atom is 0.263 e. The molecular weight excluding hydrogens is 308 g/mol. The van der Waals surface area contributed by atoms with Crippen LogP contribution in [0.3, 0.4) is 0 Å². The van der Waals surface area contributed by atoms with E-state index in [0.29, 0.717) is 5.82 Å². The molecule has 1 aromatic heterocycles. The normalized spacial score (nSPS) is 11.4. The lowest BCUT2D eigenvalue weighted by Gasteiger charge is -2.14. The highest BCUT2D eigenvalue weighted by Crippen LogP contribution is 2.23. The maximum atomic E-state index is 12.5. The molecule has 0 fully saturated rings. The van der Waals surface area contributed by atoms with Crippen LogP contribution in [-0.2, 0) is 10.0 Å². The molecule has 118 valence electrons. The zero-order valence-electron chi connectivity index (χ0n) is 13.0. The SMILES string of the molecule is Cc1ccc(-n2c(C)ccc2NS(=O)(=O)c2ccccc2)cc1. The number of sulfonamides is 1. The monoisotopic (exact) mass is 326 g/mol. The van der Waals surface area contributed by atoms with Crippen molar-refractivity contribution in [1.29, 1.82) is 0 Å². The van der Waals surface area contributed by atoms with Crippen molar-refractivity contribution >= 4 is 15.8 Å². The standard InChI is InChI=1S/C18H18N2O2S/c1-14-8-11-16(12-9-14)20-15(2)10-13-18(20)19-23(21,22)17-6-4-3-5-7-17/h3-13,19H,1-2H3. The summed E-state index contributed by atoms with van der Waals surface area (Å²) in [7, 11) is -3.61. The minimum Gasteiger partial charge on any atom is -0.300 e. The zero-order chi connectivity index (χ0) is 16.4. The van der Waals surface area contributed by atoms with Crippen LogP contribution in [0.1, 0.15) is 11.3 Å². The van der Waals surface area contributed by atoms with Crippen LogP contribution >= 0.6 is 0 Å². The number of nitrogens with one attached hydrogen (secondary N) is 1. The van der Waals surface area contributed by atoms with Gasteiger partial charge < -0.3 is 4.57 Å². The molecule has 1 heterocycles. The van der Waals surface area contributed by atoms with Gasteiger partial charge in [0.15, 0.2) is 0 Å². The van der Waals surface area contributed by atoms with Gasteiger partial charge in [-0.15, -0.1) is 0 Å². The fourth-order valence-electron chi connectivity index (χ4n) is 2.45. The van der Waals surface area contributed by atoms with Gasteiger partial charge in [-0.2, -0.15) is 0 Å². The second kappa shape index (κ2) is 5.93. The number of anilines is 1. The molecular formula is C18H18N2O2S. The van der Waals surface area contributed by atoms with Gasteiger partial charge in [0, 0.05) is 11.4 Å². The van der Waals surface area contributed by atoms with Crippen molar-refractivity contribution in [3.05, 3.63) is 78.0 Å². The molecule has 0 bridgehead atoms. The van der Waals surface area contributed by atoms with E-state index in [9.17, 15) is 8.42 Å². The van der Waals surface area contributed by atoms with Gasteiger partial charge in [0.1, 0.15) is 5.82 Å². The number of hydrogen-bond acceptors (Lipinski definition) is 2. The van der Waals surface area contributed by atoms with E-state index in [2.05, 4.69) is 4.72 Å². The number of aryl methyl sites for hydroxylation is 2. The van der Waals surface area contributed by atoms with Crippen molar-refractivity contribution in [1.82, 2.24) is 4.57 Å². The molecule has 1 N–H and O–H groups in total. The molecule has 0 aliphatic rings. The van der Waals surface area contributed by atoms with Gasteiger partial charge in [-0.05, 0) is 50.2 Å². The van der Waals surface area contributed by atoms with E-state index in [-0.39, 0.29) is 4.90 Å². The van der Waals surface area contributed by atoms with Gasteiger partial charge in [0.25, 0.3) is 10.0 Å². The first-order valence-electron chi connectivity index (χ1n) is 7.31. The molecule has 3 aromatic rings. The highest BCUT2D eigenvalue weighted by molar-refractivity contribution is 7.92. The first kappa shape index (κ1) is 15.4. The molecule has 0 aliphatic heterocycles. The Morgan fingerprint density at radius 2 is 1.48 bits per heavy atom. The number of hydrogen-bond donors (Lipinski definition) is 1. The summed E-state index contributed by atoms with van der Waals surface area (Å²) in [6, 6.07) is 20.0. The second-order valence-corrected chi connectivity index (χ2v) is 7.13. The summed E-state index contributed by atoms with van der Waals surface area (Å²) in [5.74, 6) is 0.523. The van der Waals surface area contributed by atoms with Gasteiger partial charge in [-0.1, -0.05) is 35.9 Å². The van der Waals surface area contributed by atoms with Crippen LogP contribution in [0.25, 0.3) is 5.69 Å². The fourth-order valence-corrected chi connectivity index (χ4v) is 3.52. The topological polar surface area (TPSA) is 51.1 Å². The van der Waals surface area contributed by atoms with E-state index in [4.69, 9.17) is 0 Å². The van der Waals surface area contributed by atoms with Crippen molar-refractivity contribution in [3.8, 4) is 5.69 Å². The summed E-state index contributed by atoms with van der Waals surface area (Å²) in [5, 5.41) is 0. The third-order valence-electron chi connectivity index (χ3n) is 3.66. The Hall–Kier alpha value is -2.53. The lowest BCUT2D eigenvalue weighted by molar-refractivity contribution is 0.601. The molecule has 3 rings (SSSR count). The predicted molar refractivity (Wildman–Crippen MR) is 92.5 cm³/mol. The molecule has 0 unspecified atom stereocenters. The van der Waals surface area contributed by atoms with Crippen LogP contribution in [0.2, 0.25) is 0 Å². The third kappa shape index (κ3) is 3.14. The van der Waals surface area contributed by atoms with Crippen LogP contribution in [-0.4, -0.2) is 13.0 Å². The van der Waals surface area contributed by atoms with E-state index in [1.54, 1.807) is 36.4 Å². The lowest BCUT2D eigenvalue weighted by Crippen LogP contribution is -2.15. The van der Waals surface area contributed by atoms with Crippen LogP contribution in [0.15, 0.2) is 71.6 Å². The van der Waals surface area contributed by atoms with Gasteiger partial charge in [0.05, 0.1) is 4.90 Å². The van der Waals surface area contributed by atoms with Crippen LogP contribution in [0.5, 0.6) is 0 Å². The summed E-state index contributed by atoms with van der Waals surface area (Å²) in [6.45, 7) is 3.96. The number of benzene rings is 2. The Kier molecular flexibility index (Phi) is 3.96. The van der Waals surface area contributed by atoms with E-state index >= 15 is 0 Å². The second-order valence-electron chi connectivity index (χ2n) is 5.45. The van der Waals surface area contributed by atoms with E-state index < -0.39 is 10.0 Å². The summed E-state index contributed by atoms with van der Waals surface area (Å²) in [5.41, 5.74) is 3.04. The van der Waals surface area contributed by atoms with Crippen LogP contribution in [0.4, 0.5) is 5.82 Å². The van der Waals surface area contributed by atoms with E-state index in [0.717, 1.165) is 16.9 Å². The minimum absolute atomic E-state index is 0.245. The number of nitrogens with zero attached hydrogens (tertiary/aromatic N) is 1. The molecule has 0 saturated carbocycles. The minimum atomic E-state index is -3.61. The Bertz CT molecular complexity index is 911. The van der Waals surface area contributed by atoms with Crippen LogP contribution in [0, 0.1) is 13.8 Å². The highest BCUT2D eigenvalue weighted by atomic mass is 32.2. The summed E-state index contributed by atoms with van der Waals surface area (Å²) >= 11 is 0. The van der Waals surface area contributed by atoms with Gasteiger partial charge in [-0.3, -0.25) is 4.72 Å². The van der Waals surface area contributed by atoms with Crippen molar-refractivity contribution in [3.63, 3.8) is 0 Å². The van der Waals surface area contributed by atoms with Crippen molar-refractivity contribution < 1.29 is 8.42 Å². The van der Waals surface area contributed by atoms with E-state index in [1.165, 1.54) is 0 Å². The van der Waals surface area contributed by atoms with Gasteiger partial charge >= 0.3 is 0 Å². The molecule has 0 atom stereocenters. The summed E-state index contributed by atoms with van der Waals surface area (Å²) < 4.78 is 29.6. The molecule has 4 nitrogen and oxygen atoms in total. The fraction of sp³-hybridized carbons (Fsp3) is 0.111. The maximum absolute atomic E-state index is 12.5. The molecule has 0 saturated heterocycles. The lowest BCUT2D eigenvalue weighted by atomic mass is 10.2. The molecule has 0 aliphatic carbocycles. The molecule has 2 aromatic carbocycles. The summed E-state index contributed by atoms with van der Waals surface area (Å²) in [4.78, 5) is 0.245. The van der Waals surface area contributed by atoms with Crippen LogP contribution < -0.4 is 4.72 Å². The Morgan fingerprint density at radius 1 is 0.826 bits per heavy atom. The average Bonchev–Trinajstić information content (AvgIpc) is 2.89. The number of rotatable bonds is 4. The smallest absolute Gasteiger partial charge is 0.263 e. The predicted octanol–water partition coefficient (Wildman–Crippen LogP) is 3.89. The molecule has 5 heteroatoms. The quantitative estimate of drug-likeness (QED) is 0.790. The number of aromatic nitrogens is 1. The third-order valence-corrected chi connectivity index (χ3v) is 5.03. The first-order valence-corrected chi connectivity index (χ1v) is 8.79. The molecule has 23 heavy (non-hydrogen) atoms. The Labute approximate surface area is 136 Å².